The number of carbonyl (C=O) groups is 3. The van der Waals surface area contributed by atoms with Gasteiger partial charge < -0.3 is 15.1 Å². The molecule has 0 aliphatic rings. The minimum absolute atomic E-state index is 0.430. The molecule has 0 radical (unpaired) electrons. The third-order valence-electron chi connectivity index (χ3n) is 1.12. The summed E-state index contributed by atoms with van der Waals surface area (Å²) in [6.45, 7) is -1.31. The molecule has 0 fully saturated rings. The molecule has 0 saturated carbocycles. The fourth-order valence-electron chi connectivity index (χ4n) is 0.643. The lowest BCUT2D eigenvalue weighted by atomic mass is 10.4. The topological polar surface area (TPSA) is 94.9 Å². The summed E-state index contributed by atoms with van der Waals surface area (Å²) >= 11 is 5.14. The lowest BCUT2D eigenvalue weighted by molar-refractivity contribution is -0.148. The number of aliphatic carboxylic acids is 2. The number of hydrogen-bond donors (Lipinski definition) is 2. The highest BCUT2D eigenvalue weighted by Gasteiger charge is 2.18. The second-order valence-corrected chi connectivity index (χ2v) is 2.44. The smallest absolute Gasteiger partial charge is 0.323 e. The quantitative estimate of drug-likeness (QED) is 0.580. The average molecular weight is 210 g/mol. The van der Waals surface area contributed by atoms with Crippen LogP contribution in [0.1, 0.15) is 0 Å². The number of rotatable bonds is 5. The molecular weight excluding hydrogens is 202 g/mol. The number of carbonyl (C=O) groups excluding carboxylic acids is 1. The van der Waals surface area contributed by atoms with Crippen LogP contribution in [-0.2, 0) is 14.4 Å². The van der Waals surface area contributed by atoms with Crippen molar-refractivity contribution in [2.24, 2.45) is 0 Å². The predicted molar refractivity (Wildman–Crippen MR) is 42.6 cm³/mol. The second kappa shape index (κ2) is 5.36. The van der Waals surface area contributed by atoms with Gasteiger partial charge in [-0.1, -0.05) is 0 Å². The van der Waals surface area contributed by atoms with Crippen molar-refractivity contribution in [2.75, 3.05) is 19.0 Å². The molecule has 0 spiro atoms. The number of amides is 1. The van der Waals surface area contributed by atoms with Crippen LogP contribution in [0.25, 0.3) is 0 Å². The van der Waals surface area contributed by atoms with Crippen LogP contribution in [0.2, 0.25) is 0 Å². The number of carboxylic acids is 2. The van der Waals surface area contributed by atoms with E-state index in [0.717, 1.165) is 0 Å². The minimum atomic E-state index is -1.28. The van der Waals surface area contributed by atoms with Crippen molar-refractivity contribution in [1.29, 1.82) is 0 Å². The van der Waals surface area contributed by atoms with Crippen molar-refractivity contribution < 1.29 is 24.6 Å². The van der Waals surface area contributed by atoms with E-state index in [2.05, 4.69) is 0 Å². The Morgan fingerprint density at radius 3 is 1.69 bits per heavy atom. The average Bonchev–Trinajstić information content (AvgIpc) is 2.00. The van der Waals surface area contributed by atoms with E-state index in [-0.39, 0.29) is 0 Å². The Bertz CT molecular complexity index is 213. The van der Waals surface area contributed by atoms with Crippen LogP contribution in [0.15, 0.2) is 0 Å². The molecule has 0 aromatic carbocycles. The van der Waals surface area contributed by atoms with Crippen LogP contribution in [0, 0.1) is 0 Å². The summed E-state index contributed by atoms with van der Waals surface area (Å²) in [5, 5.41) is 16.6. The molecule has 6 nitrogen and oxygen atoms in total. The van der Waals surface area contributed by atoms with E-state index in [4.69, 9.17) is 21.8 Å². The Kier molecular flexibility index (Phi) is 4.83. The van der Waals surface area contributed by atoms with Crippen molar-refractivity contribution in [3.8, 4) is 0 Å². The molecule has 0 aromatic rings. The van der Waals surface area contributed by atoms with Crippen LogP contribution in [0.4, 0.5) is 0 Å². The third-order valence-corrected chi connectivity index (χ3v) is 1.35. The lowest BCUT2D eigenvalue weighted by Crippen LogP contribution is -2.40. The van der Waals surface area contributed by atoms with Gasteiger partial charge in [0.15, 0.2) is 0 Å². The van der Waals surface area contributed by atoms with Gasteiger partial charge in [0.1, 0.15) is 19.0 Å². The normalized spacial score (nSPS) is 9.31. The Morgan fingerprint density at radius 1 is 1.08 bits per heavy atom. The molecule has 0 aromatic heterocycles. The standard InChI is InChI=1S/C6H8ClNO5/c7-1-4(9)8(2-5(10)11)3-6(12)13/h1-3H2,(H,10,11)(H,12,13). The van der Waals surface area contributed by atoms with Crippen molar-refractivity contribution in [3.63, 3.8) is 0 Å². The molecule has 1 amide bonds. The summed E-state index contributed by atoms with van der Waals surface area (Å²) < 4.78 is 0. The molecule has 7 heteroatoms. The van der Waals surface area contributed by atoms with Gasteiger partial charge in [-0.15, -0.1) is 11.6 Å². The maximum absolute atomic E-state index is 10.9. The van der Waals surface area contributed by atoms with Crippen LogP contribution in [0.5, 0.6) is 0 Å². The van der Waals surface area contributed by atoms with E-state index in [0.29, 0.717) is 4.90 Å². The van der Waals surface area contributed by atoms with Gasteiger partial charge in [-0.05, 0) is 0 Å². The highest BCUT2D eigenvalue weighted by Crippen LogP contribution is 1.92. The molecule has 0 atom stereocenters. The monoisotopic (exact) mass is 209 g/mol. The molecule has 0 aliphatic carbocycles. The Balaban J connectivity index is 4.26. The maximum atomic E-state index is 10.9. The fraction of sp³-hybridized carbons (Fsp3) is 0.500. The predicted octanol–water partition coefficient (Wildman–Crippen LogP) is -0.777. The molecule has 0 aliphatic heterocycles. The van der Waals surface area contributed by atoms with Gasteiger partial charge in [-0.2, -0.15) is 0 Å². The second-order valence-electron chi connectivity index (χ2n) is 2.17. The van der Waals surface area contributed by atoms with Gasteiger partial charge in [0, 0.05) is 0 Å². The summed E-state index contributed by atoms with van der Waals surface area (Å²) in [6, 6.07) is 0. The highest BCUT2D eigenvalue weighted by molar-refractivity contribution is 6.27. The molecule has 13 heavy (non-hydrogen) atoms. The molecule has 0 rings (SSSR count). The first kappa shape index (κ1) is 11.7. The van der Waals surface area contributed by atoms with E-state index >= 15 is 0 Å². The molecule has 74 valence electrons. The van der Waals surface area contributed by atoms with E-state index in [1.165, 1.54) is 0 Å². The number of carboxylic acid groups (broad SMARTS) is 2. The van der Waals surface area contributed by atoms with Crippen molar-refractivity contribution in [2.45, 2.75) is 0 Å². The largest absolute Gasteiger partial charge is 0.480 e. The molecule has 2 N–H and O–H groups in total. The first-order valence-electron chi connectivity index (χ1n) is 3.24. The molecule has 0 saturated heterocycles. The van der Waals surface area contributed by atoms with Crippen molar-refractivity contribution in [3.05, 3.63) is 0 Å². The van der Waals surface area contributed by atoms with Gasteiger partial charge in [-0.3, -0.25) is 14.4 Å². The number of hydrogen-bond acceptors (Lipinski definition) is 3. The first-order valence-corrected chi connectivity index (χ1v) is 3.78. The van der Waals surface area contributed by atoms with Gasteiger partial charge in [0.2, 0.25) is 5.91 Å². The zero-order valence-corrected chi connectivity index (χ0v) is 7.32. The first-order chi connectivity index (χ1) is 5.97. The van der Waals surface area contributed by atoms with Crippen molar-refractivity contribution in [1.82, 2.24) is 4.90 Å². The van der Waals surface area contributed by atoms with E-state index in [1.54, 1.807) is 0 Å². The van der Waals surface area contributed by atoms with E-state index in [9.17, 15) is 14.4 Å². The zero-order chi connectivity index (χ0) is 10.4. The summed E-state index contributed by atoms with van der Waals surface area (Å²) in [5.74, 6) is -3.70. The van der Waals surface area contributed by atoms with E-state index < -0.39 is 36.8 Å². The summed E-state index contributed by atoms with van der Waals surface area (Å²) in [4.78, 5) is 31.9. The molecule has 0 bridgehead atoms. The van der Waals surface area contributed by atoms with E-state index in [1.807, 2.05) is 0 Å². The SMILES string of the molecule is O=C(O)CN(CC(=O)O)C(=O)CCl. The van der Waals surface area contributed by atoms with Gasteiger partial charge in [0.05, 0.1) is 0 Å². The summed E-state index contributed by atoms with van der Waals surface area (Å²) in [7, 11) is 0. The van der Waals surface area contributed by atoms with Crippen molar-refractivity contribution >= 4 is 29.4 Å². The number of nitrogens with zero attached hydrogens (tertiary/aromatic N) is 1. The number of halogens is 1. The maximum Gasteiger partial charge on any atom is 0.323 e. The molecule has 0 heterocycles. The Morgan fingerprint density at radius 2 is 1.46 bits per heavy atom. The van der Waals surface area contributed by atoms with Gasteiger partial charge >= 0.3 is 11.9 Å². The lowest BCUT2D eigenvalue weighted by Gasteiger charge is -2.16. The van der Waals surface area contributed by atoms with Gasteiger partial charge in [-0.25, -0.2) is 0 Å². The summed E-state index contributed by atoms with van der Waals surface area (Å²) in [5.41, 5.74) is 0. The Labute approximate surface area is 78.7 Å². The zero-order valence-electron chi connectivity index (χ0n) is 6.57. The van der Waals surface area contributed by atoms with Gasteiger partial charge in [0.25, 0.3) is 0 Å². The summed E-state index contributed by atoms with van der Waals surface area (Å²) in [6.07, 6.45) is 0. The van der Waals surface area contributed by atoms with Crippen LogP contribution >= 0.6 is 11.6 Å². The van der Waals surface area contributed by atoms with Crippen LogP contribution in [-0.4, -0.2) is 51.9 Å². The molecular formula is C6H8ClNO5. The van der Waals surface area contributed by atoms with Crippen LogP contribution < -0.4 is 0 Å². The molecule has 0 unspecified atom stereocenters. The van der Waals surface area contributed by atoms with Crippen LogP contribution in [0.3, 0.4) is 0 Å². The fourth-order valence-corrected chi connectivity index (χ4v) is 0.812. The third kappa shape index (κ3) is 5.02. The number of alkyl halides is 1. The highest BCUT2D eigenvalue weighted by atomic mass is 35.5. The minimum Gasteiger partial charge on any atom is -0.480 e. The Hall–Kier alpha value is -1.30.